The molecule has 0 aliphatic carbocycles. The summed E-state index contributed by atoms with van der Waals surface area (Å²) in [7, 11) is 0. The molecule has 0 bridgehead atoms. The molecule has 0 aromatic rings. The van der Waals surface area contributed by atoms with Crippen LogP contribution < -0.4 is 17.7 Å². The summed E-state index contributed by atoms with van der Waals surface area (Å²) in [6.45, 7) is 0. The van der Waals surface area contributed by atoms with E-state index in [1.807, 2.05) is 0 Å². The first-order chi connectivity index (χ1) is 7.04. The number of carbonyl (C=O) groups excluding carboxylic acids is 3. The topological polar surface area (TPSA) is 157 Å². The van der Waals surface area contributed by atoms with E-state index >= 15 is 0 Å². The number of hydrogen-bond donors (Lipinski definition) is 3. The molecule has 0 saturated heterocycles. The van der Waals surface area contributed by atoms with Gasteiger partial charge < -0.3 is 14.5 Å². The van der Waals surface area contributed by atoms with E-state index in [9.17, 15) is 14.4 Å². The predicted molar refractivity (Wildman–Crippen MR) is 43.5 cm³/mol. The van der Waals surface area contributed by atoms with Gasteiger partial charge in [0.25, 0.3) is 0 Å². The molecule has 0 unspecified atom stereocenters. The van der Waals surface area contributed by atoms with Crippen LogP contribution in [0.3, 0.4) is 0 Å². The molecular formula is C6H9N3O6. The molecule has 15 heavy (non-hydrogen) atoms. The molecule has 84 valence electrons. The van der Waals surface area contributed by atoms with Crippen LogP contribution in [-0.4, -0.2) is 17.9 Å². The molecule has 0 radical (unpaired) electrons. The summed E-state index contributed by atoms with van der Waals surface area (Å²) in [5.74, 6) is 10.5. The van der Waals surface area contributed by atoms with E-state index in [0.29, 0.717) is 6.08 Å². The third-order valence-electron chi connectivity index (χ3n) is 1.24. The molecule has 0 aromatic heterocycles. The lowest BCUT2D eigenvalue weighted by Gasteiger charge is -2.02. The fourth-order valence-electron chi connectivity index (χ4n) is 0.631. The first-order valence-electron chi connectivity index (χ1n) is 3.47. The number of hydrogen-bond acceptors (Lipinski definition) is 9. The third kappa shape index (κ3) is 4.71. The van der Waals surface area contributed by atoms with Crippen LogP contribution in [0.25, 0.3) is 0 Å². The molecule has 0 atom stereocenters. The predicted octanol–water partition coefficient (Wildman–Crippen LogP) is -2.45. The number of carbonyl (C=O) groups is 3. The highest BCUT2D eigenvalue weighted by Gasteiger charge is 2.17. The summed E-state index contributed by atoms with van der Waals surface area (Å²) in [6, 6.07) is 0. The van der Waals surface area contributed by atoms with Crippen LogP contribution in [0.1, 0.15) is 6.42 Å². The average Bonchev–Trinajstić information content (AvgIpc) is 2.26. The van der Waals surface area contributed by atoms with Crippen LogP contribution in [0.5, 0.6) is 0 Å². The first-order valence-corrected chi connectivity index (χ1v) is 3.47. The summed E-state index contributed by atoms with van der Waals surface area (Å²) < 4.78 is 0. The molecule has 0 saturated carbocycles. The zero-order chi connectivity index (χ0) is 11.8. The van der Waals surface area contributed by atoms with E-state index in [2.05, 4.69) is 32.2 Å². The highest BCUT2D eigenvalue weighted by atomic mass is 16.7. The molecule has 9 heteroatoms. The van der Waals surface area contributed by atoms with Crippen molar-refractivity contribution >= 4 is 17.9 Å². The lowest BCUT2D eigenvalue weighted by molar-refractivity contribution is -0.147. The summed E-state index contributed by atoms with van der Waals surface area (Å²) in [5.41, 5.74) is -0.400. The summed E-state index contributed by atoms with van der Waals surface area (Å²) in [5, 5.41) is 0. The summed E-state index contributed by atoms with van der Waals surface area (Å²) in [6.07, 6.45) is 0.0355. The molecule has 0 aliphatic rings. The molecule has 6 N–H and O–H groups in total. The van der Waals surface area contributed by atoms with Gasteiger partial charge in [-0.2, -0.15) is 17.7 Å². The van der Waals surface area contributed by atoms with Crippen LogP contribution >= 0.6 is 0 Å². The second-order valence-corrected chi connectivity index (χ2v) is 2.18. The Hall–Kier alpha value is -1.97. The minimum Gasteiger partial charge on any atom is -0.373 e. The number of nitrogens with two attached hydrogens (primary N) is 3. The van der Waals surface area contributed by atoms with Crippen molar-refractivity contribution in [2.75, 3.05) is 0 Å². The van der Waals surface area contributed by atoms with E-state index in [-0.39, 0.29) is 0 Å². The van der Waals surface area contributed by atoms with E-state index < -0.39 is 29.9 Å². The van der Waals surface area contributed by atoms with E-state index in [1.165, 1.54) is 0 Å². The minimum atomic E-state index is -1.11. The van der Waals surface area contributed by atoms with E-state index in [1.54, 1.807) is 0 Å². The molecule has 0 fully saturated rings. The quantitative estimate of drug-likeness (QED) is 0.344. The molecule has 0 spiro atoms. The van der Waals surface area contributed by atoms with E-state index in [0.717, 1.165) is 0 Å². The molecule has 9 nitrogen and oxygen atoms in total. The van der Waals surface area contributed by atoms with Gasteiger partial charge in [-0.1, -0.05) is 0 Å². The molecule has 0 rings (SSSR count). The fraction of sp³-hybridized carbons (Fsp3) is 0.167. The zero-order valence-corrected chi connectivity index (χ0v) is 7.47. The maximum Gasteiger partial charge on any atom is 0.353 e. The van der Waals surface area contributed by atoms with Gasteiger partial charge in [0.05, 0.1) is 12.0 Å². The summed E-state index contributed by atoms with van der Waals surface area (Å²) in [4.78, 5) is 43.6. The highest BCUT2D eigenvalue weighted by molar-refractivity contribution is 5.99. The van der Waals surface area contributed by atoms with Crippen molar-refractivity contribution in [3.63, 3.8) is 0 Å². The van der Waals surface area contributed by atoms with Crippen LogP contribution in [0.4, 0.5) is 0 Å². The van der Waals surface area contributed by atoms with Gasteiger partial charge in [0.2, 0.25) is 0 Å². The second-order valence-electron chi connectivity index (χ2n) is 2.18. The molecule has 0 aliphatic heterocycles. The summed E-state index contributed by atoms with van der Waals surface area (Å²) >= 11 is 0. The van der Waals surface area contributed by atoms with Crippen LogP contribution in [0, 0.1) is 0 Å². The molecule has 0 amide bonds. The van der Waals surface area contributed by atoms with Gasteiger partial charge in [-0.25, -0.2) is 9.59 Å². The highest BCUT2D eigenvalue weighted by Crippen LogP contribution is 2.04. The van der Waals surface area contributed by atoms with Crippen molar-refractivity contribution in [2.24, 2.45) is 17.7 Å². The van der Waals surface area contributed by atoms with Crippen molar-refractivity contribution in [3.05, 3.63) is 11.6 Å². The zero-order valence-electron chi connectivity index (χ0n) is 7.47. The Bertz CT molecular complexity index is 299. The van der Waals surface area contributed by atoms with Gasteiger partial charge in [0.15, 0.2) is 0 Å². The second kappa shape index (κ2) is 6.48. The van der Waals surface area contributed by atoms with Crippen LogP contribution in [-0.2, 0) is 28.9 Å². The number of rotatable bonds is 4. The van der Waals surface area contributed by atoms with Gasteiger partial charge in [0.1, 0.15) is 0 Å². The average molecular weight is 219 g/mol. The van der Waals surface area contributed by atoms with Crippen molar-refractivity contribution in [1.82, 2.24) is 0 Å². The van der Waals surface area contributed by atoms with Gasteiger partial charge in [0, 0.05) is 6.08 Å². The van der Waals surface area contributed by atoms with Crippen molar-refractivity contribution < 1.29 is 28.9 Å². The largest absolute Gasteiger partial charge is 0.373 e. The van der Waals surface area contributed by atoms with Gasteiger partial charge in [-0.15, -0.1) is 0 Å². The minimum absolute atomic E-state index is 0.400. The Morgan fingerprint density at radius 1 is 1.00 bits per heavy atom. The van der Waals surface area contributed by atoms with Crippen molar-refractivity contribution in [3.8, 4) is 0 Å². The van der Waals surface area contributed by atoms with Gasteiger partial charge in [-0.05, 0) is 0 Å². The molecular weight excluding hydrogens is 210 g/mol. The maximum absolute atomic E-state index is 10.9. The Labute approximate surface area is 83.6 Å². The van der Waals surface area contributed by atoms with Crippen LogP contribution in [0.2, 0.25) is 0 Å². The third-order valence-corrected chi connectivity index (χ3v) is 1.24. The SMILES string of the molecule is NOC(=O)/C=C(/CC(=O)ON)C(=O)ON. The smallest absolute Gasteiger partial charge is 0.353 e. The maximum atomic E-state index is 10.9. The lowest BCUT2D eigenvalue weighted by atomic mass is 10.2. The van der Waals surface area contributed by atoms with Crippen LogP contribution in [0.15, 0.2) is 11.6 Å². The normalized spacial score (nSPS) is 10.5. The molecule has 0 aromatic carbocycles. The fourth-order valence-corrected chi connectivity index (χ4v) is 0.631. The van der Waals surface area contributed by atoms with Crippen molar-refractivity contribution in [1.29, 1.82) is 0 Å². The van der Waals surface area contributed by atoms with Gasteiger partial charge >= 0.3 is 17.9 Å². The lowest BCUT2D eigenvalue weighted by Crippen LogP contribution is -2.19. The molecule has 0 heterocycles. The Morgan fingerprint density at radius 2 is 1.60 bits per heavy atom. The Balaban J connectivity index is 4.73. The monoisotopic (exact) mass is 219 g/mol. The van der Waals surface area contributed by atoms with Crippen molar-refractivity contribution in [2.45, 2.75) is 6.42 Å². The Morgan fingerprint density at radius 3 is 2.00 bits per heavy atom. The first kappa shape index (κ1) is 13.0. The standard InChI is InChI=1S/C6H9N3O6/c7-13-4(10)1-3(6(12)15-9)2-5(11)14-8/h1H,2,7-9H2/b3-1-. The van der Waals surface area contributed by atoms with Gasteiger partial charge in [-0.3, -0.25) is 4.79 Å². The Kier molecular flexibility index (Phi) is 5.63. The van der Waals surface area contributed by atoms with E-state index in [4.69, 9.17) is 0 Å².